The summed E-state index contributed by atoms with van der Waals surface area (Å²) in [5.41, 5.74) is 6.77. The van der Waals surface area contributed by atoms with Gasteiger partial charge in [0.05, 0.1) is 19.7 Å². The van der Waals surface area contributed by atoms with E-state index < -0.39 is 0 Å². The van der Waals surface area contributed by atoms with Gasteiger partial charge in [-0.05, 0) is 57.4 Å². The lowest BCUT2D eigenvalue weighted by molar-refractivity contribution is 0.413. The van der Waals surface area contributed by atoms with E-state index >= 15 is 0 Å². The summed E-state index contributed by atoms with van der Waals surface area (Å²) in [5, 5.41) is 16.7. The van der Waals surface area contributed by atoms with Crippen LogP contribution in [0.1, 0.15) is 34.2 Å². The standard InChI is InChI=1S/C27H26ClN7O/c1-33-16-29-15-24(33)25(17-7-10-21(36-3)11-8-17)18-9-12-23-22(14-18)26(19-5-4-6-20(28)13-19)35-27(34(23)2)30-31-32-35/h4-15,25-26,29H,16H2,1-3H3. The van der Waals surface area contributed by atoms with Gasteiger partial charge in [-0.2, -0.15) is 4.68 Å². The number of fused-ring (bicyclic) bond motifs is 2. The van der Waals surface area contributed by atoms with E-state index in [-0.39, 0.29) is 12.0 Å². The quantitative estimate of drug-likeness (QED) is 0.433. The lowest BCUT2D eigenvalue weighted by Gasteiger charge is -2.34. The molecule has 4 aromatic rings. The normalized spacial score (nSPS) is 17.2. The summed E-state index contributed by atoms with van der Waals surface area (Å²) >= 11 is 6.41. The van der Waals surface area contributed by atoms with Gasteiger partial charge in [0.15, 0.2) is 0 Å². The number of hydrogen-bond donors (Lipinski definition) is 1. The first-order valence-electron chi connectivity index (χ1n) is 11.7. The number of likely N-dealkylation sites (N-methyl/N-ethyl adjacent to an activating group) is 1. The lowest BCUT2D eigenvalue weighted by atomic mass is 9.85. The molecule has 0 saturated heterocycles. The van der Waals surface area contributed by atoms with Crippen molar-refractivity contribution in [3.63, 3.8) is 0 Å². The molecule has 6 rings (SSSR count). The molecule has 2 aliphatic rings. The van der Waals surface area contributed by atoms with Crippen molar-refractivity contribution in [1.82, 2.24) is 30.4 Å². The van der Waals surface area contributed by atoms with Crippen molar-refractivity contribution in [2.24, 2.45) is 0 Å². The van der Waals surface area contributed by atoms with Crippen LogP contribution in [0.2, 0.25) is 5.02 Å². The van der Waals surface area contributed by atoms with Crippen LogP contribution in [0.5, 0.6) is 5.75 Å². The van der Waals surface area contributed by atoms with Gasteiger partial charge in [0.1, 0.15) is 11.8 Å². The van der Waals surface area contributed by atoms with Gasteiger partial charge < -0.3 is 19.9 Å². The lowest BCUT2D eigenvalue weighted by Crippen LogP contribution is -2.29. The molecule has 9 heteroatoms. The largest absolute Gasteiger partial charge is 0.497 e. The summed E-state index contributed by atoms with van der Waals surface area (Å²) in [4.78, 5) is 4.28. The molecule has 0 amide bonds. The van der Waals surface area contributed by atoms with Crippen molar-refractivity contribution in [3.8, 4) is 5.75 Å². The number of nitrogens with zero attached hydrogens (tertiary/aromatic N) is 6. The maximum atomic E-state index is 6.41. The number of ether oxygens (including phenoxy) is 1. The topological polar surface area (TPSA) is 71.3 Å². The Hall–Kier alpha value is -4.04. The van der Waals surface area contributed by atoms with E-state index in [1.54, 1.807) is 7.11 Å². The highest BCUT2D eigenvalue weighted by Gasteiger charge is 2.34. The van der Waals surface area contributed by atoms with Crippen LogP contribution in [-0.2, 0) is 0 Å². The zero-order valence-electron chi connectivity index (χ0n) is 20.3. The van der Waals surface area contributed by atoms with Gasteiger partial charge in [0.2, 0.25) is 0 Å². The van der Waals surface area contributed by atoms with Crippen LogP contribution in [0.15, 0.2) is 78.6 Å². The van der Waals surface area contributed by atoms with Crippen LogP contribution in [-0.4, -0.2) is 53.0 Å². The summed E-state index contributed by atoms with van der Waals surface area (Å²) in [7, 11) is 5.79. The van der Waals surface area contributed by atoms with Gasteiger partial charge in [-0.3, -0.25) is 0 Å². The zero-order valence-corrected chi connectivity index (χ0v) is 21.0. The smallest absolute Gasteiger partial charge is 0.250 e. The van der Waals surface area contributed by atoms with E-state index in [9.17, 15) is 0 Å². The summed E-state index contributed by atoms with van der Waals surface area (Å²) in [6, 6.07) is 22.6. The van der Waals surface area contributed by atoms with Crippen molar-refractivity contribution < 1.29 is 4.74 Å². The third-order valence-electron chi connectivity index (χ3n) is 6.99. The SMILES string of the molecule is COc1ccc(C(C2=CNCN2C)c2ccc3c(c2)C(c2cccc(Cl)c2)n2nnnc2N3C)cc1. The van der Waals surface area contributed by atoms with Crippen LogP contribution in [0.3, 0.4) is 0 Å². The van der Waals surface area contributed by atoms with E-state index in [0.29, 0.717) is 11.0 Å². The molecule has 2 unspecified atom stereocenters. The molecule has 3 aromatic carbocycles. The fourth-order valence-electron chi connectivity index (χ4n) is 5.21. The number of methoxy groups -OCH3 is 1. The summed E-state index contributed by atoms with van der Waals surface area (Å²) in [6.45, 7) is 0.773. The summed E-state index contributed by atoms with van der Waals surface area (Å²) in [6.07, 6.45) is 2.11. The maximum absolute atomic E-state index is 6.41. The minimum absolute atomic E-state index is 0.0294. The molecule has 0 aliphatic carbocycles. The Labute approximate surface area is 214 Å². The number of benzene rings is 3. The minimum atomic E-state index is -0.204. The van der Waals surface area contributed by atoms with Crippen LogP contribution < -0.4 is 15.0 Å². The number of anilines is 2. The van der Waals surface area contributed by atoms with Crippen LogP contribution >= 0.6 is 11.6 Å². The Morgan fingerprint density at radius 3 is 2.56 bits per heavy atom. The van der Waals surface area contributed by atoms with E-state index in [4.69, 9.17) is 16.3 Å². The molecule has 2 atom stereocenters. The molecule has 182 valence electrons. The van der Waals surface area contributed by atoms with Crippen molar-refractivity contribution in [2.45, 2.75) is 12.0 Å². The van der Waals surface area contributed by atoms with E-state index in [2.05, 4.69) is 75.4 Å². The Bertz CT molecular complexity index is 1450. The number of nitrogens with one attached hydrogen (secondary N) is 1. The van der Waals surface area contributed by atoms with Crippen molar-refractivity contribution in [3.05, 3.63) is 106 Å². The average molecular weight is 500 g/mol. The van der Waals surface area contributed by atoms with Crippen LogP contribution in [0, 0.1) is 0 Å². The highest BCUT2D eigenvalue weighted by molar-refractivity contribution is 6.30. The van der Waals surface area contributed by atoms with Gasteiger partial charge in [-0.15, -0.1) is 0 Å². The van der Waals surface area contributed by atoms with E-state index in [0.717, 1.165) is 29.2 Å². The molecule has 8 nitrogen and oxygen atoms in total. The van der Waals surface area contributed by atoms with Gasteiger partial charge in [0.25, 0.3) is 5.95 Å². The summed E-state index contributed by atoms with van der Waals surface area (Å²) < 4.78 is 7.27. The second-order valence-electron chi connectivity index (χ2n) is 9.09. The second kappa shape index (κ2) is 8.87. The highest BCUT2D eigenvalue weighted by atomic mass is 35.5. The predicted octanol–water partition coefficient (Wildman–Crippen LogP) is 4.52. The monoisotopic (exact) mass is 499 g/mol. The molecule has 1 aromatic heterocycles. The molecule has 0 saturated carbocycles. The number of hydrogen-bond acceptors (Lipinski definition) is 7. The molecule has 36 heavy (non-hydrogen) atoms. The number of allylic oxidation sites excluding steroid dienone is 1. The molecule has 1 N–H and O–H groups in total. The Kier molecular flexibility index (Phi) is 5.53. The number of rotatable bonds is 5. The van der Waals surface area contributed by atoms with Crippen molar-refractivity contribution in [1.29, 1.82) is 0 Å². The predicted molar refractivity (Wildman–Crippen MR) is 140 cm³/mol. The van der Waals surface area contributed by atoms with Gasteiger partial charge in [-0.25, -0.2) is 0 Å². The fourth-order valence-corrected chi connectivity index (χ4v) is 5.41. The Morgan fingerprint density at radius 1 is 1.03 bits per heavy atom. The molecule has 0 spiro atoms. The van der Waals surface area contributed by atoms with E-state index in [1.807, 2.05) is 47.0 Å². The Morgan fingerprint density at radius 2 is 1.83 bits per heavy atom. The molecular weight excluding hydrogens is 474 g/mol. The average Bonchev–Trinajstić information content (AvgIpc) is 3.55. The van der Waals surface area contributed by atoms with Crippen molar-refractivity contribution in [2.75, 3.05) is 32.8 Å². The van der Waals surface area contributed by atoms with E-state index in [1.165, 1.54) is 16.8 Å². The molecule has 0 bridgehead atoms. The molecule has 0 radical (unpaired) electrons. The third kappa shape index (κ3) is 3.65. The first-order valence-corrected chi connectivity index (χ1v) is 12.1. The van der Waals surface area contributed by atoms with Gasteiger partial charge >= 0.3 is 0 Å². The molecule has 2 aliphatic heterocycles. The maximum Gasteiger partial charge on any atom is 0.250 e. The Balaban J connectivity index is 1.53. The number of tetrazole rings is 1. The second-order valence-corrected chi connectivity index (χ2v) is 9.53. The van der Waals surface area contributed by atoms with Crippen molar-refractivity contribution >= 4 is 23.2 Å². The first kappa shape index (κ1) is 22.4. The highest BCUT2D eigenvalue weighted by Crippen LogP contribution is 2.44. The van der Waals surface area contributed by atoms with Gasteiger partial charge in [0, 0.05) is 42.3 Å². The molecular formula is C27H26ClN7O. The zero-order chi connectivity index (χ0) is 24.8. The third-order valence-corrected chi connectivity index (χ3v) is 7.22. The molecule has 3 heterocycles. The van der Waals surface area contributed by atoms with Gasteiger partial charge in [-0.1, -0.05) is 53.1 Å². The number of aromatic nitrogens is 4. The minimum Gasteiger partial charge on any atom is -0.497 e. The molecule has 0 fully saturated rings. The first-order chi connectivity index (χ1) is 17.5. The summed E-state index contributed by atoms with van der Waals surface area (Å²) in [5.74, 6) is 1.56. The fraction of sp³-hybridized carbons (Fsp3) is 0.222. The van der Waals surface area contributed by atoms with Crippen LogP contribution in [0.4, 0.5) is 11.6 Å². The van der Waals surface area contributed by atoms with Crippen LogP contribution in [0.25, 0.3) is 0 Å². The number of halogens is 1.